The summed E-state index contributed by atoms with van der Waals surface area (Å²) in [5.41, 5.74) is 3.86. The zero-order chi connectivity index (χ0) is 15.2. The van der Waals surface area contributed by atoms with E-state index in [2.05, 4.69) is 52.2 Å². The monoisotopic (exact) mass is 295 g/mol. The van der Waals surface area contributed by atoms with Crippen LogP contribution < -0.4 is 0 Å². The van der Waals surface area contributed by atoms with Crippen LogP contribution >= 0.6 is 0 Å². The maximum Gasteiger partial charge on any atom is 0.0346 e. The van der Waals surface area contributed by atoms with E-state index in [1.807, 2.05) is 18.5 Å². The number of hydrogen-bond donors (Lipinski definition) is 0. The van der Waals surface area contributed by atoms with Gasteiger partial charge in [-0.25, -0.2) is 0 Å². The Morgan fingerprint density at radius 2 is 1.73 bits per heavy atom. The van der Waals surface area contributed by atoms with Gasteiger partial charge in [-0.1, -0.05) is 30.3 Å². The minimum Gasteiger partial charge on any atom is -0.304 e. The molecule has 0 radical (unpaired) electrons. The smallest absolute Gasteiger partial charge is 0.0346 e. The Balaban J connectivity index is 1.47. The van der Waals surface area contributed by atoms with Gasteiger partial charge in [-0.2, -0.15) is 0 Å². The molecule has 2 aromatic rings. The molecule has 0 amide bonds. The fourth-order valence-electron chi connectivity index (χ4n) is 2.98. The van der Waals surface area contributed by atoms with Gasteiger partial charge in [0.15, 0.2) is 0 Å². The molecule has 2 heterocycles. The van der Waals surface area contributed by atoms with Crippen molar-refractivity contribution in [3.8, 4) is 11.1 Å². The van der Waals surface area contributed by atoms with E-state index in [0.29, 0.717) is 0 Å². The van der Waals surface area contributed by atoms with Crippen molar-refractivity contribution in [2.24, 2.45) is 0 Å². The van der Waals surface area contributed by atoms with Crippen molar-refractivity contribution in [2.45, 2.75) is 12.8 Å². The van der Waals surface area contributed by atoms with E-state index in [0.717, 1.165) is 0 Å². The normalized spacial score (nSPS) is 16.8. The molecule has 3 heteroatoms. The lowest BCUT2D eigenvalue weighted by atomic mass is 10.0. The summed E-state index contributed by atoms with van der Waals surface area (Å²) in [5, 5.41) is 0. The molecule has 0 saturated carbocycles. The first-order chi connectivity index (χ1) is 10.8. The van der Waals surface area contributed by atoms with Crippen LogP contribution in [0.4, 0.5) is 0 Å². The summed E-state index contributed by atoms with van der Waals surface area (Å²) in [6.45, 7) is 6.07. The number of rotatable bonds is 5. The van der Waals surface area contributed by atoms with Crippen LogP contribution in [0.1, 0.15) is 12.0 Å². The molecule has 3 nitrogen and oxygen atoms in total. The zero-order valence-electron chi connectivity index (χ0n) is 13.4. The summed E-state index contributed by atoms with van der Waals surface area (Å²) in [5.74, 6) is 0. The maximum absolute atomic E-state index is 4.18. The van der Waals surface area contributed by atoms with Gasteiger partial charge in [0.1, 0.15) is 0 Å². The Bertz CT molecular complexity index is 557. The van der Waals surface area contributed by atoms with Crippen LogP contribution in [0.2, 0.25) is 0 Å². The molecule has 0 aliphatic carbocycles. The van der Waals surface area contributed by atoms with Crippen molar-refractivity contribution in [1.82, 2.24) is 14.8 Å². The second-order valence-electron chi connectivity index (χ2n) is 6.19. The Hall–Kier alpha value is -1.71. The van der Waals surface area contributed by atoms with E-state index < -0.39 is 0 Å². The van der Waals surface area contributed by atoms with Crippen molar-refractivity contribution in [2.75, 3.05) is 39.8 Å². The van der Waals surface area contributed by atoms with E-state index in [1.54, 1.807) is 0 Å². The SMILES string of the molecule is CN1CCN(CCCc2ccc(-c3cccnc3)cc2)CC1. The van der Waals surface area contributed by atoms with E-state index in [1.165, 1.54) is 62.3 Å². The second-order valence-corrected chi connectivity index (χ2v) is 6.19. The molecule has 0 spiro atoms. The highest BCUT2D eigenvalue weighted by molar-refractivity contribution is 5.62. The van der Waals surface area contributed by atoms with Gasteiger partial charge >= 0.3 is 0 Å². The minimum atomic E-state index is 1.17. The molecular weight excluding hydrogens is 270 g/mol. The van der Waals surface area contributed by atoms with Crippen molar-refractivity contribution in [1.29, 1.82) is 0 Å². The topological polar surface area (TPSA) is 19.4 Å². The first-order valence-corrected chi connectivity index (χ1v) is 8.21. The van der Waals surface area contributed by atoms with Gasteiger partial charge in [-0.3, -0.25) is 4.98 Å². The van der Waals surface area contributed by atoms with Crippen molar-refractivity contribution in [3.63, 3.8) is 0 Å². The summed E-state index contributed by atoms with van der Waals surface area (Å²) < 4.78 is 0. The molecule has 1 aromatic carbocycles. The standard InChI is InChI=1S/C19H25N3/c1-21-12-14-22(15-13-21)11-3-4-17-6-8-18(9-7-17)19-5-2-10-20-16-19/h2,5-10,16H,3-4,11-15H2,1H3. The average Bonchev–Trinajstić information content (AvgIpc) is 2.58. The molecule has 0 unspecified atom stereocenters. The number of aryl methyl sites for hydroxylation is 1. The third-order valence-electron chi connectivity index (χ3n) is 4.48. The predicted octanol–water partition coefficient (Wildman–Crippen LogP) is 2.93. The first-order valence-electron chi connectivity index (χ1n) is 8.21. The molecule has 3 rings (SSSR count). The first kappa shape index (κ1) is 15.2. The highest BCUT2D eigenvalue weighted by atomic mass is 15.2. The second kappa shape index (κ2) is 7.52. The fourth-order valence-corrected chi connectivity index (χ4v) is 2.98. The zero-order valence-corrected chi connectivity index (χ0v) is 13.4. The van der Waals surface area contributed by atoms with Crippen LogP contribution in [0, 0.1) is 0 Å². The predicted molar refractivity (Wildman–Crippen MR) is 91.9 cm³/mol. The summed E-state index contributed by atoms with van der Waals surface area (Å²) in [6.07, 6.45) is 6.15. The largest absolute Gasteiger partial charge is 0.304 e. The van der Waals surface area contributed by atoms with Gasteiger partial charge in [0.05, 0.1) is 0 Å². The summed E-state index contributed by atoms with van der Waals surface area (Å²) in [6, 6.07) is 13.0. The van der Waals surface area contributed by atoms with Gasteiger partial charge in [0.2, 0.25) is 0 Å². The number of nitrogens with zero attached hydrogens (tertiary/aromatic N) is 3. The van der Waals surface area contributed by atoms with Crippen molar-refractivity contribution in [3.05, 3.63) is 54.4 Å². The van der Waals surface area contributed by atoms with Crippen LogP contribution in [0.3, 0.4) is 0 Å². The van der Waals surface area contributed by atoms with Gasteiger partial charge in [0.25, 0.3) is 0 Å². The molecule has 0 bridgehead atoms. The Labute approximate surface area is 133 Å². The number of benzene rings is 1. The van der Waals surface area contributed by atoms with Crippen molar-refractivity contribution >= 4 is 0 Å². The molecule has 1 saturated heterocycles. The molecule has 1 aliphatic rings. The van der Waals surface area contributed by atoms with E-state index in [-0.39, 0.29) is 0 Å². The molecule has 1 aliphatic heterocycles. The third-order valence-corrected chi connectivity index (χ3v) is 4.48. The lowest BCUT2D eigenvalue weighted by molar-refractivity contribution is 0.153. The lowest BCUT2D eigenvalue weighted by Crippen LogP contribution is -2.44. The summed E-state index contributed by atoms with van der Waals surface area (Å²) >= 11 is 0. The summed E-state index contributed by atoms with van der Waals surface area (Å²) in [7, 11) is 2.21. The quantitative estimate of drug-likeness (QED) is 0.845. The van der Waals surface area contributed by atoms with Crippen molar-refractivity contribution < 1.29 is 0 Å². The molecule has 116 valence electrons. The Kier molecular flexibility index (Phi) is 5.20. The maximum atomic E-state index is 4.18. The number of piperazine rings is 1. The minimum absolute atomic E-state index is 1.17. The molecule has 22 heavy (non-hydrogen) atoms. The molecule has 1 aromatic heterocycles. The number of likely N-dealkylation sites (N-methyl/N-ethyl adjacent to an activating group) is 1. The van der Waals surface area contributed by atoms with Gasteiger partial charge in [0, 0.05) is 38.6 Å². The third kappa shape index (κ3) is 4.15. The fraction of sp³-hybridized carbons (Fsp3) is 0.421. The van der Waals surface area contributed by atoms with Crippen LogP contribution in [-0.4, -0.2) is 54.6 Å². The number of aromatic nitrogens is 1. The van der Waals surface area contributed by atoms with E-state index in [9.17, 15) is 0 Å². The number of hydrogen-bond acceptors (Lipinski definition) is 3. The summed E-state index contributed by atoms with van der Waals surface area (Å²) in [4.78, 5) is 9.18. The molecule has 0 atom stereocenters. The van der Waals surface area contributed by atoms with Crippen LogP contribution in [0.25, 0.3) is 11.1 Å². The van der Waals surface area contributed by atoms with Gasteiger partial charge in [-0.05, 0) is 49.2 Å². The van der Waals surface area contributed by atoms with Gasteiger partial charge in [-0.15, -0.1) is 0 Å². The Morgan fingerprint density at radius 1 is 0.955 bits per heavy atom. The highest BCUT2D eigenvalue weighted by Crippen LogP contribution is 2.19. The lowest BCUT2D eigenvalue weighted by Gasteiger charge is -2.32. The van der Waals surface area contributed by atoms with Crippen LogP contribution in [0.5, 0.6) is 0 Å². The van der Waals surface area contributed by atoms with E-state index in [4.69, 9.17) is 0 Å². The highest BCUT2D eigenvalue weighted by Gasteiger charge is 2.12. The van der Waals surface area contributed by atoms with Gasteiger partial charge < -0.3 is 9.80 Å². The molecule has 0 N–H and O–H groups in total. The molecular formula is C19H25N3. The number of pyridine rings is 1. The van der Waals surface area contributed by atoms with E-state index >= 15 is 0 Å². The Morgan fingerprint density at radius 3 is 2.41 bits per heavy atom. The average molecular weight is 295 g/mol. The van der Waals surface area contributed by atoms with Crippen LogP contribution in [0.15, 0.2) is 48.8 Å². The van der Waals surface area contributed by atoms with Crippen LogP contribution in [-0.2, 0) is 6.42 Å². The molecule has 1 fully saturated rings.